The van der Waals surface area contributed by atoms with E-state index in [9.17, 15) is 29.1 Å². The number of hydrogen-bond acceptors (Lipinski definition) is 9. The van der Waals surface area contributed by atoms with Gasteiger partial charge in [-0.15, -0.1) is 0 Å². The molecule has 1 aromatic heterocycles. The van der Waals surface area contributed by atoms with Gasteiger partial charge in [0.05, 0.1) is 25.4 Å². The van der Waals surface area contributed by atoms with E-state index in [0.29, 0.717) is 5.69 Å². The first-order valence-corrected chi connectivity index (χ1v) is 10.7. The highest BCUT2D eigenvalue weighted by molar-refractivity contribution is 5.95. The zero-order chi connectivity index (χ0) is 27.3. The van der Waals surface area contributed by atoms with E-state index >= 15 is 0 Å². The van der Waals surface area contributed by atoms with Crippen LogP contribution in [0, 0.1) is 0 Å². The standard InChI is InChI=1S/C19H31N9O8/c20-10(4-9-6-23-8-25-9)15(32)27-12(5-14(30)31)17(34)26-11(2-1-3-24-19(21)22)16(33)28-13(7-29)18(35)36/h6,8,10-13,29H,1-5,7,20H2,(H,23,25)(H,26,34)(H,27,32)(H,28,33)(H,30,31)(H,35,36)(H4,21,22,24). The molecular weight excluding hydrogens is 482 g/mol. The molecule has 1 heterocycles. The number of aliphatic carboxylic acids is 2. The number of nitrogens with zero attached hydrogens (tertiary/aromatic N) is 2. The highest BCUT2D eigenvalue weighted by atomic mass is 16.4. The molecule has 0 aromatic carbocycles. The third kappa shape index (κ3) is 10.8. The Morgan fingerprint density at radius 2 is 1.61 bits per heavy atom. The van der Waals surface area contributed by atoms with E-state index < -0.39 is 66.9 Å². The van der Waals surface area contributed by atoms with E-state index in [-0.39, 0.29) is 31.8 Å². The lowest BCUT2D eigenvalue weighted by atomic mass is 10.1. The van der Waals surface area contributed by atoms with Crippen LogP contribution >= 0.6 is 0 Å². The van der Waals surface area contributed by atoms with Gasteiger partial charge in [0.15, 0.2) is 5.96 Å². The molecule has 4 unspecified atom stereocenters. The number of rotatable bonds is 16. The van der Waals surface area contributed by atoms with Crippen LogP contribution in [0.25, 0.3) is 0 Å². The number of carbonyl (C=O) groups excluding carboxylic acids is 3. The van der Waals surface area contributed by atoms with Crippen molar-refractivity contribution in [3.63, 3.8) is 0 Å². The molecule has 1 rings (SSSR count). The SMILES string of the molecule is NC(N)=NCCCC(NC(=O)C(CC(=O)O)NC(=O)C(N)Cc1cnc[nH]1)C(=O)NC(CO)C(=O)O. The second-order valence-electron chi connectivity index (χ2n) is 7.64. The molecule has 200 valence electrons. The lowest BCUT2D eigenvalue weighted by Gasteiger charge is -2.24. The fourth-order valence-electron chi connectivity index (χ4n) is 2.89. The number of aromatic amines is 1. The van der Waals surface area contributed by atoms with Gasteiger partial charge in [0.25, 0.3) is 0 Å². The molecule has 0 aliphatic carbocycles. The number of guanidine groups is 1. The Morgan fingerprint density at radius 3 is 2.14 bits per heavy atom. The number of imidazole rings is 1. The number of amides is 3. The normalized spacial score (nSPS) is 13.9. The molecule has 0 aliphatic heterocycles. The first-order chi connectivity index (χ1) is 16.9. The Balaban J connectivity index is 2.96. The minimum Gasteiger partial charge on any atom is -0.481 e. The van der Waals surface area contributed by atoms with Gasteiger partial charge < -0.3 is 53.5 Å². The Hall–Kier alpha value is -4.25. The molecule has 0 saturated heterocycles. The summed E-state index contributed by atoms with van der Waals surface area (Å²) in [7, 11) is 0. The minimum absolute atomic E-state index is 0.0286. The van der Waals surface area contributed by atoms with Crippen molar-refractivity contribution in [2.45, 2.75) is 49.9 Å². The predicted molar refractivity (Wildman–Crippen MR) is 123 cm³/mol. The van der Waals surface area contributed by atoms with Gasteiger partial charge in [-0.2, -0.15) is 0 Å². The number of aliphatic hydroxyl groups is 1. The van der Waals surface area contributed by atoms with Crippen LogP contribution in [0.15, 0.2) is 17.5 Å². The number of nitrogens with one attached hydrogen (secondary N) is 4. The van der Waals surface area contributed by atoms with Crippen LogP contribution in [-0.4, -0.2) is 98.2 Å². The quantitative estimate of drug-likeness (QED) is 0.0566. The second-order valence-corrected chi connectivity index (χ2v) is 7.64. The van der Waals surface area contributed by atoms with E-state index in [1.165, 1.54) is 12.5 Å². The molecule has 17 nitrogen and oxygen atoms in total. The van der Waals surface area contributed by atoms with Gasteiger partial charge in [-0.1, -0.05) is 0 Å². The maximum Gasteiger partial charge on any atom is 0.328 e. The topological polar surface area (TPSA) is 301 Å². The number of carbonyl (C=O) groups is 5. The Kier molecular flexibility index (Phi) is 12.3. The van der Waals surface area contributed by atoms with E-state index in [1.54, 1.807) is 0 Å². The van der Waals surface area contributed by atoms with Crippen molar-refractivity contribution in [3.8, 4) is 0 Å². The third-order valence-electron chi connectivity index (χ3n) is 4.72. The number of nitrogens with two attached hydrogens (primary N) is 3. The number of carboxylic acid groups (broad SMARTS) is 2. The summed E-state index contributed by atoms with van der Waals surface area (Å²) >= 11 is 0. The fraction of sp³-hybridized carbons (Fsp3) is 0.526. The van der Waals surface area contributed by atoms with E-state index in [2.05, 4.69) is 30.9 Å². The molecular formula is C19H31N9O8. The lowest BCUT2D eigenvalue weighted by Crippen LogP contribution is -2.58. The molecule has 0 fully saturated rings. The molecule has 0 spiro atoms. The molecule has 0 radical (unpaired) electrons. The van der Waals surface area contributed by atoms with E-state index in [4.69, 9.17) is 27.4 Å². The van der Waals surface area contributed by atoms with Gasteiger partial charge in [0, 0.05) is 24.9 Å². The van der Waals surface area contributed by atoms with E-state index in [0.717, 1.165) is 0 Å². The second kappa shape index (κ2) is 14.9. The maximum absolute atomic E-state index is 12.8. The maximum atomic E-state index is 12.8. The summed E-state index contributed by atoms with van der Waals surface area (Å²) in [6.07, 6.45) is 2.10. The Bertz CT molecular complexity index is 933. The average Bonchev–Trinajstić information content (AvgIpc) is 3.30. The van der Waals surface area contributed by atoms with Crippen molar-refractivity contribution in [1.82, 2.24) is 25.9 Å². The van der Waals surface area contributed by atoms with Crippen molar-refractivity contribution in [1.29, 1.82) is 0 Å². The first kappa shape index (κ1) is 29.8. The van der Waals surface area contributed by atoms with Gasteiger partial charge in [-0.25, -0.2) is 9.78 Å². The molecule has 1 aromatic rings. The minimum atomic E-state index is -1.65. The average molecular weight is 514 g/mol. The van der Waals surface area contributed by atoms with Gasteiger partial charge in [-0.3, -0.25) is 24.2 Å². The predicted octanol–water partition coefficient (Wildman–Crippen LogP) is -4.66. The highest BCUT2D eigenvalue weighted by Gasteiger charge is 2.31. The molecule has 36 heavy (non-hydrogen) atoms. The van der Waals surface area contributed by atoms with Gasteiger partial charge in [0.2, 0.25) is 17.7 Å². The van der Waals surface area contributed by atoms with Gasteiger partial charge in [0.1, 0.15) is 18.1 Å². The molecule has 13 N–H and O–H groups in total. The zero-order valence-electron chi connectivity index (χ0n) is 19.2. The van der Waals surface area contributed by atoms with Crippen molar-refractivity contribution >= 4 is 35.6 Å². The summed E-state index contributed by atoms with van der Waals surface area (Å²) in [5.41, 5.74) is 16.8. The molecule has 4 atom stereocenters. The first-order valence-electron chi connectivity index (χ1n) is 10.7. The number of aliphatic imine (C=N–C) groups is 1. The van der Waals surface area contributed by atoms with Crippen molar-refractivity contribution in [2.75, 3.05) is 13.2 Å². The van der Waals surface area contributed by atoms with Gasteiger partial charge >= 0.3 is 11.9 Å². The number of aromatic nitrogens is 2. The number of H-pyrrole nitrogens is 1. The monoisotopic (exact) mass is 513 g/mol. The third-order valence-corrected chi connectivity index (χ3v) is 4.72. The summed E-state index contributed by atoms with van der Waals surface area (Å²) in [5.74, 6) is -5.97. The molecule has 3 amide bonds. The Morgan fingerprint density at radius 1 is 1.00 bits per heavy atom. The van der Waals surface area contributed by atoms with Crippen LogP contribution in [0.4, 0.5) is 0 Å². The molecule has 0 saturated carbocycles. The highest BCUT2D eigenvalue weighted by Crippen LogP contribution is 2.04. The Labute approximate surface area is 204 Å². The van der Waals surface area contributed by atoms with Crippen LogP contribution < -0.4 is 33.2 Å². The summed E-state index contributed by atoms with van der Waals surface area (Å²) in [6, 6.07) is -5.77. The fourth-order valence-corrected chi connectivity index (χ4v) is 2.89. The van der Waals surface area contributed by atoms with Crippen LogP contribution in [0.1, 0.15) is 25.0 Å². The van der Waals surface area contributed by atoms with Crippen LogP contribution in [-0.2, 0) is 30.4 Å². The summed E-state index contributed by atoms with van der Waals surface area (Å²) in [4.78, 5) is 70.6. The number of carboxylic acids is 2. The van der Waals surface area contributed by atoms with Crippen LogP contribution in [0.3, 0.4) is 0 Å². The number of aliphatic hydroxyl groups excluding tert-OH is 1. The molecule has 0 aliphatic rings. The summed E-state index contributed by atoms with van der Waals surface area (Å²) in [6.45, 7) is -0.844. The van der Waals surface area contributed by atoms with Crippen molar-refractivity contribution < 1.29 is 39.3 Å². The lowest BCUT2D eigenvalue weighted by molar-refractivity contribution is -0.144. The smallest absolute Gasteiger partial charge is 0.328 e. The number of hydrogen-bond donors (Lipinski definition) is 10. The zero-order valence-corrected chi connectivity index (χ0v) is 19.2. The van der Waals surface area contributed by atoms with Crippen molar-refractivity contribution in [2.24, 2.45) is 22.2 Å². The molecule has 17 heteroatoms. The summed E-state index contributed by atoms with van der Waals surface area (Å²) < 4.78 is 0. The van der Waals surface area contributed by atoms with E-state index in [1.807, 2.05) is 0 Å². The molecule has 0 bridgehead atoms. The largest absolute Gasteiger partial charge is 0.481 e. The van der Waals surface area contributed by atoms with Crippen LogP contribution in [0.5, 0.6) is 0 Å². The van der Waals surface area contributed by atoms with Crippen LogP contribution in [0.2, 0.25) is 0 Å². The summed E-state index contributed by atoms with van der Waals surface area (Å²) in [5, 5.41) is 34.0. The van der Waals surface area contributed by atoms with Gasteiger partial charge in [-0.05, 0) is 12.8 Å². The van der Waals surface area contributed by atoms with Crippen molar-refractivity contribution in [3.05, 3.63) is 18.2 Å².